The number of aryl methyl sites for hydroxylation is 2. The van der Waals surface area contributed by atoms with Crippen LogP contribution in [-0.4, -0.2) is 30.5 Å². The second kappa shape index (κ2) is 8.57. The summed E-state index contributed by atoms with van der Waals surface area (Å²) in [6, 6.07) is 13.2. The maximum atomic E-state index is 12.4. The van der Waals surface area contributed by atoms with E-state index in [1.54, 1.807) is 12.5 Å². The van der Waals surface area contributed by atoms with Gasteiger partial charge in [0.05, 0.1) is 7.11 Å². The van der Waals surface area contributed by atoms with E-state index in [-0.39, 0.29) is 18.1 Å². The zero-order chi connectivity index (χ0) is 20.2. The van der Waals surface area contributed by atoms with Gasteiger partial charge in [-0.15, -0.1) is 11.3 Å². The van der Waals surface area contributed by atoms with E-state index in [4.69, 9.17) is 9.47 Å². The van der Waals surface area contributed by atoms with Crippen molar-refractivity contribution in [3.8, 4) is 16.3 Å². The average molecular weight is 407 g/mol. The second-order valence-electron chi connectivity index (χ2n) is 6.96. The lowest BCUT2D eigenvalue weighted by molar-refractivity contribution is 0.0470. The monoisotopic (exact) mass is 407 g/mol. The maximum Gasteiger partial charge on any atom is 0.358 e. The number of esters is 1. The van der Waals surface area contributed by atoms with Gasteiger partial charge in [-0.3, -0.25) is 4.79 Å². The van der Waals surface area contributed by atoms with Crippen molar-refractivity contribution in [2.24, 2.45) is 0 Å². The Balaban J connectivity index is 1.38. The Bertz CT molecular complexity index is 1040. The highest BCUT2D eigenvalue weighted by molar-refractivity contribution is 7.13. The smallest absolute Gasteiger partial charge is 0.358 e. The van der Waals surface area contributed by atoms with E-state index in [2.05, 4.69) is 4.98 Å². The molecule has 29 heavy (non-hydrogen) atoms. The fourth-order valence-electron chi connectivity index (χ4n) is 3.43. The van der Waals surface area contributed by atoms with Crippen LogP contribution in [0.3, 0.4) is 0 Å². The lowest BCUT2D eigenvalue weighted by Gasteiger charge is -2.16. The molecule has 6 heteroatoms. The minimum Gasteiger partial charge on any atom is -0.497 e. The van der Waals surface area contributed by atoms with Gasteiger partial charge in [-0.05, 0) is 67.1 Å². The molecule has 2 aromatic carbocycles. The molecule has 1 aliphatic carbocycles. The van der Waals surface area contributed by atoms with E-state index in [9.17, 15) is 9.59 Å². The van der Waals surface area contributed by atoms with Crippen LogP contribution < -0.4 is 4.74 Å². The Labute approximate surface area is 173 Å². The van der Waals surface area contributed by atoms with Crippen LogP contribution >= 0.6 is 11.3 Å². The van der Waals surface area contributed by atoms with E-state index in [1.165, 1.54) is 28.9 Å². The van der Waals surface area contributed by atoms with Crippen LogP contribution in [0.1, 0.15) is 44.8 Å². The molecule has 0 fully saturated rings. The molecular formula is C23H21NO4S. The molecule has 4 rings (SSSR count). The van der Waals surface area contributed by atoms with Gasteiger partial charge in [-0.25, -0.2) is 9.78 Å². The predicted octanol–water partition coefficient (Wildman–Crippen LogP) is 4.74. The molecule has 1 aliphatic rings. The molecule has 0 atom stereocenters. The Kier molecular flexibility index (Phi) is 5.71. The molecule has 1 aromatic heterocycles. The molecule has 0 spiro atoms. The van der Waals surface area contributed by atoms with Crippen LogP contribution in [0.25, 0.3) is 10.6 Å². The number of aromatic nitrogens is 1. The lowest BCUT2D eigenvalue weighted by Crippen LogP contribution is -2.15. The summed E-state index contributed by atoms with van der Waals surface area (Å²) in [5.74, 6) is -0.0321. The van der Waals surface area contributed by atoms with E-state index in [1.807, 2.05) is 42.5 Å². The van der Waals surface area contributed by atoms with Crippen molar-refractivity contribution in [1.82, 2.24) is 4.98 Å². The average Bonchev–Trinajstić information content (AvgIpc) is 3.27. The van der Waals surface area contributed by atoms with Crippen LogP contribution in [0.2, 0.25) is 0 Å². The number of fused-ring (bicyclic) bond motifs is 1. The molecule has 3 aromatic rings. The largest absolute Gasteiger partial charge is 0.497 e. The normalized spacial score (nSPS) is 12.9. The third kappa shape index (κ3) is 4.38. The number of hydrogen-bond donors (Lipinski definition) is 0. The molecule has 0 aliphatic heterocycles. The third-order valence-electron chi connectivity index (χ3n) is 5.06. The van der Waals surface area contributed by atoms with Gasteiger partial charge in [0.25, 0.3) is 0 Å². The van der Waals surface area contributed by atoms with E-state index >= 15 is 0 Å². The Morgan fingerprint density at radius 2 is 1.79 bits per heavy atom. The van der Waals surface area contributed by atoms with Gasteiger partial charge in [0.15, 0.2) is 18.1 Å². The Morgan fingerprint density at radius 1 is 1.03 bits per heavy atom. The zero-order valence-electron chi connectivity index (χ0n) is 16.1. The first-order valence-electron chi connectivity index (χ1n) is 9.56. The number of hydrogen-bond acceptors (Lipinski definition) is 6. The van der Waals surface area contributed by atoms with Gasteiger partial charge in [0.2, 0.25) is 0 Å². The number of carbonyl (C=O) groups is 2. The summed E-state index contributed by atoms with van der Waals surface area (Å²) in [6.45, 7) is -0.285. The lowest BCUT2D eigenvalue weighted by atomic mass is 9.90. The number of methoxy groups -OCH3 is 1. The van der Waals surface area contributed by atoms with Gasteiger partial charge in [0, 0.05) is 16.5 Å². The SMILES string of the molecule is COc1ccc(-c2nc(C(=O)OCC(=O)c3ccc4c(c3)CCCC4)cs2)cc1. The number of thiazole rings is 1. The van der Waals surface area contributed by atoms with Crippen LogP contribution in [0.15, 0.2) is 47.8 Å². The summed E-state index contributed by atoms with van der Waals surface area (Å²) in [5, 5.41) is 2.35. The molecule has 5 nitrogen and oxygen atoms in total. The molecule has 0 unspecified atom stereocenters. The number of benzene rings is 2. The summed E-state index contributed by atoms with van der Waals surface area (Å²) in [4.78, 5) is 29.1. The topological polar surface area (TPSA) is 65.5 Å². The van der Waals surface area contributed by atoms with Gasteiger partial charge in [0.1, 0.15) is 10.8 Å². The summed E-state index contributed by atoms with van der Waals surface area (Å²) in [6.07, 6.45) is 4.42. The summed E-state index contributed by atoms with van der Waals surface area (Å²) in [7, 11) is 1.61. The first kappa shape index (κ1) is 19.3. The predicted molar refractivity (Wildman–Crippen MR) is 112 cm³/mol. The fourth-order valence-corrected chi connectivity index (χ4v) is 4.22. The summed E-state index contributed by atoms with van der Waals surface area (Å²) >= 11 is 1.35. The number of carbonyl (C=O) groups excluding carboxylic acids is 2. The van der Waals surface area contributed by atoms with Crippen LogP contribution in [0.4, 0.5) is 0 Å². The van der Waals surface area contributed by atoms with Crippen molar-refractivity contribution < 1.29 is 19.1 Å². The molecular weight excluding hydrogens is 386 g/mol. The molecule has 0 N–H and O–H groups in total. The van der Waals surface area contributed by atoms with Crippen molar-refractivity contribution >= 4 is 23.1 Å². The number of Topliss-reactive ketones (excluding diaryl/α,β-unsaturated/α-hetero) is 1. The van der Waals surface area contributed by atoms with E-state index in [0.29, 0.717) is 10.6 Å². The number of nitrogens with zero attached hydrogens (tertiary/aromatic N) is 1. The molecule has 148 valence electrons. The van der Waals surface area contributed by atoms with Gasteiger partial charge >= 0.3 is 5.97 Å². The van der Waals surface area contributed by atoms with Gasteiger partial charge < -0.3 is 9.47 Å². The highest BCUT2D eigenvalue weighted by Crippen LogP contribution is 2.26. The number of ketones is 1. The number of ether oxygens (including phenoxy) is 2. The highest BCUT2D eigenvalue weighted by Gasteiger charge is 2.17. The highest BCUT2D eigenvalue weighted by atomic mass is 32.1. The Morgan fingerprint density at radius 3 is 2.55 bits per heavy atom. The van der Waals surface area contributed by atoms with Crippen molar-refractivity contribution in [3.63, 3.8) is 0 Å². The Hall–Kier alpha value is -2.99. The minimum absolute atomic E-state index is 0.197. The standard InChI is InChI=1S/C23H21NO4S/c1-27-19-10-8-16(9-11-19)22-24-20(14-29-22)23(26)28-13-21(25)18-7-6-15-4-2-3-5-17(15)12-18/h6-12,14H,2-5,13H2,1H3. The van der Waals surface area contributed by atoms with Gasteiger partial charge in [-0.2, -0.15) is 0 Å². The summed E-state index contributed by atoms with van der Waals surface area (Å²) in [5.41, 5.74) is 4.24. The minimum atomic E-state index is -0.590. The van der Waals surface area contributed by atoms with Crippen LogP contribution in [0.5, 0.6) is 5.75 Å². The fraction of sp³-hybridized carbons (Fsp3) is 0.261. The quantitative estimate of drug-likeness (QED) is 0.436. The molecule has 1 heterocycles. The van der Waals surface area contributed by atoms with Crippen LogP contribution in [0, 0.1) is 0 Å². The molecule has 0 bridgehead atoms. The van der Waals surface area contributed by atoms with Crippen molar-refractivity contribution in [2.75, 3.05) is 13.7 Å². The molecule has 0 saturated heterocycles. The van der Waals surface area contributed by atoms with E-state index < -0.39 is 5.97 Å². The first-order valence-corrected chi connectivity index (χ1v) is 10.4. The second-order valence-corrected chi connectivity index (χ2v) is 7.81. The molecule has 0 radical (unpaired) electrons. The van der Waals surface area contributed by atoms with E-state index in [0.717, 1.165) is 30.6 Å². The molecule has 0 amide bonds. The maximum absolute atomic E-state index is 12.4. The van der Waals surface area contributed by atoms with Crippen molar-refractivity contribution in [1.29, 1.82) is 0 Å². The van der Waals surface area contributed by atoms with Crippen molar-refractivity contribution in [2.45, 2.75) is 25.7 Å². The number of rotatable bonds is 6. The zero-order valence-corrected chi connectivity index (χ0v) is 17.0. The van der Waals surface area contributed by atoms with Crippen LogP contribution in [-0.2, 0) is 17.6 Å². The van der Waals surface area contributed by atoms with Gasteiger partial charge in [-0.1, -0.05) is 12.1 Å². The summed E-state index contributed by atoms with van der Waals surface area (Å²) < 4.78 is 10.4. The first-order chi connectivity index (χ1) is 14.1. The third-order valence-corrected chi connectivity index (χ3v) is 5.95. The van der Waals surface area contributed by atoms with Crippen molar-refractivity contribution in [3.05, 3.63) is 70.2 Å². The molecule has 0 saturated carbocycles.